The Morgan fingerprint density at radius 2 is 1.69 bits per heavy atom. The molecule has 1 N–H and O–H groups in total. The number of hydrogen-bond acceptors (Lipinski definition) is 6. The van der Waals surface area contributed by atoms with Crippen molar-refractivity contribution in [2.24, 2.45) is 10.9 Å². The Kier molecular flexibility index (Phi) is 8.36. The van der Waals surface area contributed by atoms with Gasteiger partial charge < -0.3 is 19.3 Å². The molecule has 0 radical (unpaired) electrons. The largest absolute Gasteiger partial charge is 0.497 e. The van der Waals surface area contributed by atoms with E-state index in [1.807, 2.05) is 30.3 Å². The van der Waals surface area contributed by atoms with E-state index in [0.717, 1.165) is 5.56 Å². The first-order chi connectivity index (χ1) is 14.0. The van der Waals surface area contributed by atoms with Crippen LogP contribution >= 0.6 is 0 Å². The number of carbonyl (C=O) groups excluding carboxylic acids is 2. The summed E-state index contributed by atoms with van der Waals surface area (Å²) in [6.07, 6.45) is -2.29. The van der Waals surface area contributed by atoms with Gasteiger partial charge in [0.15, 0.2) is 6.10 Å². The smallest absolute Gasteiger partial charge is 0.434 e. The minimum Gasteiger partial charge on any atom is -0.497 e. The molecular weight excluding hydrogens is 374 g/mol. The van der Waals surface area contributed by atoms with Crippen molar-refractivity contribution in [2.75, 3.05) is 13.7 Å². The molecule has 2 aromatic rings. The monoisotopic (exact) mass is 399 g/mol. The van der Waals surface area contributed by atoms with E-state index < -0.39 is 24.1 Å². The normalized spacial score (nSPS) is 13.3. The van der Waals surface area contributed by atoms with Gasteiger partial charge in [0.1, 0.15) is 12.4 Å². The van der Waals surface area contributed by atoms with Crippen LogP contribution < -0.4 is 4.74 Å². The fraction of sp³-hybridized carbons (Fsp3) is 0.318. The Morgan fingerprint density at radius 3 is 2.28 bits per heavy atom. The number of methoxy groups -OCH3 is 1. The van der Waals surface area contributed by atoms with Gasteiger partial charge in [-0.05, 0) is 42.3 Å². The highest BCUT2D eigenvalue weighted by Gasteiger charge is 2.29. The number of aliphatic hydroxyl groups excluding tert-OH is 1. The van der Waals surface area contributed by atoms with Crippen LogP contribution in [0.5, 0.6) is 5.75 Å². The zero-order valence-electron chi connectivity index (χ0n) is 16.7. The summed E-state index contributed by atoms with van der Waals surface area (Å²) in [5, 5.41) is 10.3. The third-order valence-corrected chi connectivity index (χ3v) is 4.24. The summed E-state index contributed by atoms with van der Waals surface area (Å²) in [5.74, 6) is -0.955. The second-order valence-corrected chi connectivity index (χ2v) is 6.25. The lowest BCUT2D eigenvalue weighted by molar-refractivity contribution is -0.154. The molecule has 0 aliphatic carbocycles. The van der Waals surface area contributed by atoms with Crippen molar-refractivity contribution in [3.05, 3.63) is 65.7 Å². The van der Waals surface area contributed by atoms with E-state index in [-0.39, 0.29) is 18.9 Å². The number of benzene rings is 2. The average molecular weight is 399 g/mol. The number of aliphatic hydroxyl groups is 1. The molecule has 0 fully saturated rings. The van der Waals surface area contributed by atoms with Gasteiger partial charge in [-0.25, -0.2) is 9.59 Å². The van der Waals surface area contributed by atoms with E-state index in [1.165, 1.54) is 7.11 Å². The van der Waals surface area contributed by atoms with E-state index >= 15 is 0 Å². The third-order valence-electron chi connectivity index (χ3n) is 4.24. The van der Waals surface area contributed by atoms with Gasteiger partial charge in [0.05, 0.1) is 19.4 Å². The minimum absolute atomic E-state index is 0.0634. The van der Waals surface area contributed by atoms with Crippen LogP contribution in [-0.4, -0.2) is 42.7 Å². The number of aliphatic imine (C=N–C) groups is 1. The standard InChI is InChI=1S/C22H25NO6/c1-4-28-21(25)20(24)15(2)19(17-10-12-18(27-3)13-11-17)23-22(26)29-14-16-8-6-5-7-9-16/h5-13,15,20,24H,4,14H2,1-3H3/b23-19-/t15-,20+/m1/s1. The molecule has 0 spiro atoms. The lowest BCUT2D eigenvalue weighted by atomic mass is 9.93. The van der Waals surface area contributed by atoms with Gasteiger partial charge in [-0.1, -0.05) is 37.3 Å². The topological polar surface area (TPSA) is 94.4 Å². The summed E-state index contributed by atoms with van der Waals surface area (Å²) >= 11 is 0. The number of rotatable bonds is 8. The summed E-state index contributed by atoms with van der Waals surface area (Å²) in [4.78, 5) is 28.3. The summed E-state index contributed by atoms with van der Waals surface area (Å²) in [6, 6.07) is 16.0. The van der Waals surface area contributed by atoms with Crippen LogP contribution in [0.1, 0.15) is 25.0 Å². The van der Waals surface area contributed by atoms with Crippen LogP contribution in [0.15, 0.2) is 59.6 Å². The molecule has 0 heterocycles. The SMILES string of the molecule is CCOC(=O)[C@@H](O)[C@H](C)/C(=N/C(=O)OCc1ccccc1)c1ccc(OC)cc1. The van der Waals surface area contributed by atoms with Crippen LogP contribution in [-0.2, 0) is 20.9 Å². The molecule has 0 unspecified atom stereocenters. The van der Waals surface area contributed by atoms with Crippen LogP contribution in [0, 0.1) is 5.92 Å². The molecule has 7 nitrogen and oxygen atoms in total. The molecule has 0 aliphatic heterocycles. The number of ether oxygens (including phenoxy) is 3. The number of amides is 1. The Bertz CT molecular complexity index is 832. The summed E-state index contributed by atoms with van der Waals surface area (Å²) in [6.45, 7) is 3.44. The molecule has 0 saturated heterocycles. The highest BCUT2D eigenvalue weighted by molar-refractivity contribution is 6.08. The van der Waals surface area contributed by atoms with Crippen LogP contribution in [0.2, 0.25) is 0 Å². The van der Waals surface area contributed by atoms with Crippen LogP contribution in [0.25, 0.3) is 0 Å². The molecule has 0 bridgehead atoms. The van der Waals surface area contributed by atoms with Gasteiger partial charge in [0.25, 0.3) is 0 Å². The number of esters is 1. The summed E-state index contributed by atoms with van der Waals surface area (Å²) < 4.78 is 15.2. The van der Waals surface area contributed by atoms with Crippen molar-refractivity contribution < 1.29 is 28.9 Å². The summed E-state index contributed by atoms with van der Waals surface area (Å²) in [5.41, 5.74) is 1.59. The first-order valence-electron chi connectivity index (χ1n) is 9.24. The first-order valence-corrected chi connectivity index (χ1v) is 9.24. The predicted molar refractivity (Wildman–Crippen MR) is 108 cm³/mol. The van der Waals surface area contributed by atoms with E-state index in [0.29, 0.717) is 11.3 Å². The molecular formula is C22H25NO6. The second-order valence-electron chi connectivity index (χ2n) is 6.25. The predicted octanol–water partition coefficient (Wildman–Crippen LogP) is 3.38. The number of nitrogens with zero attached hydrogens (tertiary/aromatic N) is 1. The van der Waals surface area contributed by atoms with Gasteiger partial charge in [-0.2, -0.15) is 4.99 Å². The minimum atomic E-state index is -1.47. The molecule has 29 heavy (non-hydrogen) atoms. The molecule has 2 aromatic carbocycles. The Hall–Kier alpha value is -3.19. The van der Waals surface area contributed by atoms with E-state index in [2.05, 4.69) is 4.99 Å². The molecule has 0 saturated carbocycles. The molecule has 0 aliphatic rings. The molecule has 7 heteroatoms. The van der Waals surface area contributed by atoms with E-state index in [1.54, 1.807) is 38.1 Å². The Morgan fingerprint density at radius 1 is 1.03 bits per heavy atom. The molecule has 154 valence electrons. The van der Waals surface area contributed by atoms with E-state index in [4.69, 9.17) is 14.2 Å². The number of carbonyl (C=O) groups is 2. The Labute approximate surface area is 169 Å². The van der Waals surface area contributed by atoms with E-state index in [9.17, 15) is 14.7 Å². The third kappa shape index (κ3) is 6.43. The zero-order valence-corrected chi connectivity index (χ0v) is 16.7. The first kappa shape index (κ1) is 22.1. The van der Waals surface area contributed by atoms with Gasteiger partial charge in [-0.3, -0.25) is 0 Å². The molecule has 2 atom stereocenters. The lowest BCUT2D eigenvalue weighted by Gasteiger charge is -2.20. The van der Waals surface area contributed by atoms with Crippen LogP contribution in [0.4, 0.5) is 4.79 Å². The highest BCUT2D eigenvalue weighted by atomic mass is 16.6. The van der Waals surface area contributed by atoms with Crippen molar-refractivity contribution in [2.45, 2.75) is 26.6 Å². The van der Waals surface area contributed by atoms with Gasteiger partial charge in [0, 0.05) is 5.92 Å². The maximum atomic E-state index is 12.3. The average Bonchev–Trinajstić information content (AvgIpc) is 2.76. The highest BCUT2D eigenvalue weighted by Crippen LogP contribution is 2.19. The quantitative estimate of drug-likeness (QED) is 0.540. The molecule has 1 amide bonds. The molecule has 0 aromatic heterocycles. The second kappa shape index (κ2) is 11.0. The number of hydrogen-bond donors (Lipinski definition) is 1. The van der Waals surface area contributed by atoms with Crippen molar-refractivity contribution >= 4 is 17.8 Å². The van der Waals surface area contributed by atoms with Crippen molar-refractivity contribution in [3.8, 4) is 5.75 Å². The fourth-order valence-corrected chi connectivity index (χ4v) is 2.62. The fourth-order valence-electron chi connectivity index (χ4n) is 2.62. The van der Waals surface area contributed by atoms with Crippen molar-refractivity contribution in [1.82, 2.24) is 0 Å². The lowest BCUT2D eigenvalue weighted by Crippen LogP contribution is -2.35. The maximum Gasteiger partial charge on any atom is 0.434 e. The maximum absolute atomic E-state index is 12.3. The van der Waals surface area contributed by atoms with Crippen LogP contribution in [0.3, 0.4) is 0 Å². The van der Waals surface area contributed by atoms with Gasteiger partial charge in [0.2, 0.25) is 0 Å². The Balaban J connectivity index is 2.25. The molecule has 2 rings (SSSR count). The van der Waals surface area contributed by atoms with Crippen molar-refractivity contribution in [1.29, 1.82) is 0 Å². The zero-order chi connectivity index (χ0) is 21.2. The van der Waals surface area contributed by atoms with Gasteiger partial charge >= 0.3 is 12.1 Å². The van der Waals surface area contributed by atoms with Crippen molar-refractivity contribution in [3.63, 3.8) is 0 Å². The summed E-state index contributed by atoms with van der Waals surface area (Å²) in [7, 11) is 1.54. The van der Waals surface area contributed by atoms with Gasteiger partial charge in [-0.15, -0.1) is 0 Å².